The first-order valence-electron chi connectivity index (χ1n) is 5.51. The predicted molar refractivity (Wildman–Crippen MR) is 64.5 cm³/mol. The molecule has 0 aliphatic rings. The van der Waals surface area contributed by atoms with E-state index in [0.717, 1.165) is 6.07 Å². The Bertz CT molecular complexity index is 567. The third kappa shape index (κ3) is 2.38. The van der Waals surface area contributed by atoms with Gasteiger partial charge in [-0.15, -0.1) is 0 Å². The molecule has 18 heavy (non-hydrogen) atoms. The minimum atomic E-state index is -0.958. The first-order valence-corrected chi connectivity index (χ1v) is 5.51. The van der Waals surface area contributed by atoms with E-state index in [9.17, 15) is 13.2 Å². The lowest BCUT2D eigenvalue weighted by molar-refractivity contribution is 0.511. The first kappa shape index (κ1) is 12.6. The Hall–Kier alpha value is -1.81. The standard InChI is InChI=1S/C14H12F3N/c1-18-8-9-5-6-10(15)7-12(9)11-3-2-4-13(16)14(11)17/h2-7,18H,8H2,1H3. The molecule has 0 atom stereocenters. The van der Waals surface area contributed by atoms with Crippen molar-refractivity contribution in [3.8, 4) is 11.1 Å². The normalized spacial score (nSPS) is 10.7. The van der Waals surface area contributed by atoms with Crippen molar-refractivity contribution in [3.05, 3.63) is 59.4 Å². The van der Waals surface area contributed by atoms with Gasteiger partial charge in [-0.3, -0.25) is 0 Å². The van der Waals surface area contributed by atoms with Crippen LogP contribution in [0.5, 0.6) is 0 Å². The Morgan fingerprint density at radius 2 is 1.78 bits per heavy atom. The second kappa shape index (κ2) is 5.23. The summed E-state index contributed by atoms with van der Waals surface area (Å²) in [4.78, 5) is 0. The molecule has 2 aromatic rings. The van der Waals surface area contributed by atoms with Crippen molar-refractivity contribution < 1.29 is 13.2 Å². The number of halogens is 3. The largest absolute Gasteiger partial charge is 0.316 e. The van der Waals surface area contributed by atoms with Gasteiger partial charge in [0, 0.05) is 12.1 Å². The van der Waals surface area contributed by atoms with Gasteiger partial charge in [0.2, 0.25) is 0 Å². The summed E-state index contributed by atoms with van der Waals surface area (Å²) in [5, 5.41) is 2.91. The van der Waals surface area contributed by atoms with E-state index in [4.69, 9.17) is 0 Å². The average Bonchev–Trinajstić information content (AvgIpc) is 2.35. The summed E-state index contributed by atoms with van der Waals surface area (Å²) < 4.78 is 40.2. The van der Waals surface area contributed by atoms with Crippen molar-refractivity contribution in [2.45, 2.75) is 6.54 Å². The van der Waals surface area contributed by atoms with Crippen LogP contribution in [-0.4, -0.2) is 7.05 Å². The molecular weight excluding hydrogens is 239 g/mol. The summed E-state index contributed by atoms with van der Waals surface area (Å²) in [5.41, 5.74) is 1.14. The van der Waals surface area contributed by atoms with Crippen LogP contribution in [0, 0.1) is 17.5 Å². The minimum absolute atomic E-state index is 0.0692. The summed E-state index contributed by atoms with van der Waals surface area (Å²) in [7, 11) is 1.73. The van der Waals surface area contributed by atoms with E-state index >= 15 is 0 Å². The Labute approximate surface area is 103 Å². The van der Waals surface area contributed by atoms with E-state index < -0.39 is 17.5 Å². The molecule has 0 spiro atoms. The maximum atomic E-state index is 13.7. The number of benzene rings is 2. The fourth-order valence-corrected chi connectivity index (χ4v) is 1.86. The second-order valence-corrected chi connectivity index (χ2v) is 3.93. The Morgan fingerprint density at radius 3 is 2.50 bits per heavy atom. The van der Waals surface area contributed by atoms with Crippen LogP contribution in [0.15, 0.2) is 36.4 Å². The number of nitrogens with one attached hydrogen (secondary N) is 1. The second-order valence-electron chi connectivity index (χ2n) is 3.93. The van der Waals surface area contributed by atoms with Gasteiger partial charge in [-0.25, -0.2) is 13.2 Å². The lowest BCUT2D eigenvalue weighted by atomic mass is 9.99. The van der Waals surface area contributed by atoms with Crippen LogP contribution in [0.3, 0.4) is 0 Å². The van der Waals surface area contributed by atoms with Gasteiger partial charge < -0.3 is 5.32 Å². The minimum Gasteiger partial charge on any atom is -0.316 e. The molecule has 0 unspecified atom stereocenters. The molecule has 0 amide bonds. The van der Waals surface area contributed by atoms with Gasteiger partial charge in [-0.1, -0.05) is 18.2 Å². The van der Waals surface area contributed by atoms with Gasteiger partial charge in [0.15, 0.2) is 11.6 Å². The van der Waals surface area contributed by atoms with Crippen molar-refractivity contribution in [1.29, 1.82) is 0 Å². The molecule has 94 valence electrons. The quantitative estimate of drug-likeness (QED) is 0.880. The zero-order valence-corrected chi connectivity index (χ0v) is 9.81. The third-order valence-electron chi connectivity index (χ3n) is 2.68. The SMILES string of the molecule is CNCc1ccc(F)cc1-c1cccc(F)c1F. The number of hydrogen-bond donors (Lipinski definition) is 1. The molecule has 2 aromatic carbocycles. The summed E-state index contributed by atoms with van der Waals surface area (Å²) in [6.07, 6.45) is 0. The monoisotopic (exact) mass is 251 g/mol. The van der Waals surface area contributed by atoms with Crippen LogP contribution >= 0.6 is 0 Å². The highest BCUT2D eigenvalue weighted by Gasteiger charge is 2.13. The van der Waals surface area contributed by atoms with Crippen molar-refractivity contribution in [3.63, 3.8) is 0 Å². The van der Waals surface area contributed by atoms with Crippen LogP contribution in [-0.2, 0) is 6.54 Å². The molecule has 1 N–H and O–H groups in total. The highest BCUT2D eigenvalue weighted by molar-refractivity contribution is 5.68. The predicted octanol–water partition coefficient (Wildman–Crippen LogP) is 3.49. The molecule has 0 aromatic heterocycles. The van der Waals surface area contributed by atoms with Gasteiger partial charge >= 0.3 is 0 Å². The zero-order valence-electron chi connectivity index (χ0n) is 9.81. The van der Waals surface area contributed by atoms with Gasteiger partial charge in [0.1, 0.15) is 5.82 Å². The van der Waals surface area contributed by atoms with E-state index in [1.54, 1.807) is 13.1 Å². The molecule has 0 heterocycles. The van der Waals surface area contributed by atoms with Crippen LogP contribution in [0.4, 0.5) is 13.2 Å². The van der Waals surface area contributed by atoms with Crippen molar-refractivity contribution in [1.82, 2.24) is 5.32 Å². The first-order chi connectivity index (χ1) is 8.63. The van der Waals surface area contributed by atoms with E-state index in [1.165, 1.54) is 24.3 Å². The van der Waals surface area contributed by atoms with Gasteiger partial charge in [-0.05, 0) is 36.4 Å². The van der Waals surface area contributed by atoms with E-state index in [2.05, 4.69) is 5.32 Å². The molecule has 0 radical (unpaired) electrons. The highest BCUT2D eigenvalue weighted by Crippen LogP contribution is 2.28. The lowest BCUT2D eigenvalue weighted by Crippen LogP contribution is -2.07. The molecule has 1 nitrogen and oxygen atoms in total. The van der Waals surface area contributed by atoms with Crippen molar-refractivity contribution in [2.75, 3.05) is 7.05 Å². The fraction of sp³-hybridized carbons (Fsp3) is 0.143. The molecule has 0 fully saturated rings. The summed E-state index contributed by atoms with van der Waals surface area (Å²) in [5.74, 6) is -2.37. The molecule has 0 aliphatic carbocycles. The number of rotatable bonds is 3. The zero-order chi connectivity index (χ0) is 13.1. The van der Waals surface area contributed by atoms with Gasteiger partial charge in [0.25, 0.3) is 0 Å². The molecule has 0 bridgehead atoms. The molecule has 0 aliphatic heterocycles. The maximum absolute atomic E-state index is 13.7. The Morgan fingerprint density at radius 1 is 1.00 bits per heavy atom. The molecule has 0 saturated heterocycles. The maximum Gasteiger partial charge on any atom is 0.166 e. The Balaban J connectivity index is 2.61. The molecule has 4 heteroatoms. The van der Waals surface area contributed by atoms with Crippen LogP contribution < -0.4 is 5.32 Å². The van der Waals surface area contributed by atoms with Crippen LogP contribution in [0.25, 0.3) is 11.1 Å². The van der Waals surface area contributed by atoms with Gasteiger partial charge in [0.05, 0.1) is 0 Å². The highest BCUT2D eigenvalue weighted by atomic mass is 19.2. The van der Waals surface area contributed by atoms with Crippen molar-refractivity contribution in [2.24, 2.45) is 0 Å². The summed E-state index contributed by atoms with van der Waals surface area (Å²) in [6.45, 7) is 0.450. The fourth-order valence-electron chi connectivity index (χ4n) is 1.86. The van der Waals surface area contributed by atoms with E-state index in [0.29, 0.717) is 17.7 Å². The summed E-state index contributed by atoms with van der Waals surface area (Å²) in [6, 6.07) is 7.95. The van der Waals surface area contributed by atoms with E-state index in [-0.39, 0.29) is 5.56 Å². The van der Waals surface area contributed by atoms with E-state index in [1.807, 2.05) is 0 Å². The average molecular weight is 251 g/mol. The molecule has 0 saturated carbocycles. The molecular formula is C14H12F3N. The van der Waals surface area contributed by atoms with Crippen LogP contribution in [0.2, 0.25) is 0 Å². The smallest absolute Gasteiger partial charge is 0.166 e. The molecule has 2 rings (SSSR count). The summed E-state index contributed by atoms with van der Waals surface area (Å²) >= 11 is 0. The van der Waals surface area contributed by atoms with Gasteiger partial charge in [-0.2, -0.15) is 0 Å². The lowest BCUT2D eigenvalue weighted by Gasteiger charge is -2.11. The third-order valence-corrected chi connectivity index (χ3v) is 2.68. The topological polar surface area (TPSA) is 12.0 Å². The van der Waals surface area contributed by atoms with Crippen LogP contribution in [0.1, 0.15) is 5.56 Å². The van der Waals surface area contributed by atoms with Crippen molar-refractivity contribution >= 4 is 0 Å². The Kier molecular flexibility index (Phi) is 3.67. The number of hydrogen-bond acceptors (Lipinski definition) is 1.